The first-order valence-electron chi connectivity index (χ1n) is 4.22. The van der Waals surface area contributed by atoms with Crippen molar-refractivity contribution in [3.63, 3.8) is 0 Å². The minimum Gasteiger partial charge on any atom is -0.458 e. The molecular weight excluding hydrogens is 184 g/mol. The van der Waals surface area contributed by atoms with E-state index in [0.29, 0.717) is 0 Å². The molecule has 14 heavy (non-hydrogen) atoms. The molecule has 0 fully saturated rings. The predicted octanol–water partition coefficient (Wildman–Crippen LogP) is 1.01. The number of fused-ring (bicyclic) bond motifs is 1. The maximum Gasteiger partial charge on any atom is 0.339 e. The van der Waals surface area contributed by atoms with Gasteiger partial charge in [-0.15, -0.1) is 0 Å². The van der Waals surface area contributed by atoms with Crippen LogP contribution < -0.4 is 0 Å². The summed E-state index contributed by atoms with van der Waals surface area (Å²) in [6.45, 7) is 0.220. The smallest absolute Gasteiger partial charge is 0.339 e. The molecular formula is C10H8O4. The van der Waals surface area contributed by atoms with Crippen molar-refractivity contribution in [2.75, 3.05) is 13.2 Å². The monoisotopic (exact) mass is 192 g/mol. The van der Waals surface area contributed by atoms with Gasteiger partial charge in [0.2, 0.25) is 0 Å². The van der Waals surface area contributed by atoms with E-state index in [1.165, 1.54) is 0 Å². The number of hydrogen-bond donors (Lipinski definition) is 0. The third-order valence-corrected chi connectivity index (χ3v) is 1.92. The lowest BCUT2D eigenvalue weighted by atomic mass is 10.1. The van der Waals surface area contributed by atoms with E-state index in [9.17, 15) is 9.59 Å². The Balaban J connectivity index is 2.49. The SMILES string of the molecule is O=C1OCCOC(=O)c2ccccc21. The van der Waals surface area contributed by atoms with Gasteiger partial charge in [-0.25, -0.2) is 9.59 Å². The Kier molecular flexibility index (Phi) is 2.18. The van der Waals surface area contributed by atoms with E-state index in [2.05, 4.69) is 0 Å². The number of cyclic esters (lactones) is 2. The molecule has 4 nitrogen and oxygen atoms in total. The van der Waals surface area contributed by atoms with Gasteiger partial charge < -0.3 is 9.47 Å². The molecule has 0 amide bonds. The van der Waals surface area contributed by atoms with Crippen LogP contribution in [0.4, 0.5) is 0 Å². The van der Waals surface area contributed by atoms with E-state index in [1.54, 1.807) is 24.3 Å². The molecule has 0 aliphatic carbocycles. The molecule has 2 rings (SSSR count). The molecule has 0 saturated carbocycles. The highest BCUT2D eigenvalue weighted by atomic mass is 16.6. The van der Waals surface area contributed by atoms with Gasteiger partial charge in [0.25, 0.3) is 0 Å². The van der Waals surface area contributed by atoms with Crippen molar-refractivity contribution in [3.05, 3.63) is 35.4 Å². The lowest BCUT2D eigenvalue weighted by molar-refractivity contribution is 0.0225. The fourth-order valence-electron chi connectivity index (χ4n) is 1.26. The van der Waals surface area contributed by atoms with Crippen molar-refractivity contribution in [1.29, 1.82) is 0 Å². The van der Waals surface area contributed by atoms with Gasteiger partial charge >= 0.3 is 11.9 Å². The normalized spacial score (nSPS) is 16.0. The maximum absolute atomic E-state index is 11.4. The zero-order valence-corrected chi connectivity index (χ0v) is 7.36. The molecule has 0 saturated heterocycles. The summed E-state index contributed by atoms with van der Waals surface area (Å²) < 4.78 is 9.68. The second kappa shape index (κ2) is 3.49. The summed E-state index contributed by atoms with van der Waals surface area (Å²) >= 11 is 0. The molecule has 1 aliphatic rings. The van der Waals surface area contributed by atoms with Crippen molar-refractivity contribution in [2.24, 2.45) is 0 Å². The quantitative estimate of drug-likeness (QED) is 0.576. The van der Waals surface area contributed by atoms with Crippen molar-refractivity contribution in [1.82, 2.24) is 0 Å². The number of carbonyl (C=O) groups is 2. The van der Waals surface area contributed by atoms with Gasteiger partial charge in [0.05, 0.1) is 11.1 Å². The highest BCUT2D eigenvalue weighted by Crippen LogP contribution is 2.13. The van der Waals surface area contributed by atoms with Crippen molar-refractivity contribution >= 4 is 11.9 Å². The second-order valence-corrected chi connectivity index (χ2v) is 2.82. The molecule has 0 N–H and O–H groups in total. The topological polar surface area (TPSA) is 52.6 Å². The van der Waals surface area contributed by atoms with Crippen LogP contribution >= 0.6 is 0 Å². The number of ether oxygens (including phenoxy) is 2. The first kappa shape index (κ1) is 8.74. The van der Waals surface area contributed by atoms with E-state index in [1.807, 2.05) is 0 Å². The van der Waals surface area contributed by atoms with Gasteiger partial charge in [0, 0.05) is 0 Å². The number of hydrogen-bond acceptors (Lipinski definition) is 4. The molecule has 1 heterocycles. The van der Waals surface area contributed by atoms with Gasteiger partial charge in [0.15, 0.2) is 0 Å². The van der Waals surface area contributed by atoms with Crippen LogP contribution in [0.15, 0.2) is 24.3 Å². The zero-order chi connectivity index (χ0) is 9.97. The average molecular weight is 192 g/mol. The molecule has 1 aliphatic heterocycles. The fraction of sp³-hybridized carbons (Fsp3) is 0.200. The van der Waals surface area contributed by atoms with Crippen molar-refractivity contribution < 1.29 is 19.1 Å². The Labute approximate surface area is 80.4 Å². The number of benzene rings is 1. The summed E-state index contributed by atoms with van der Waals surface area (Å²) in [7, 11) is 0. The Morgan fingerprint density at radius 1 is 0.857 bits per heavy atom. The summed E-state index contributed by atoms with van der Waals surface area (Å²) in [5.41, 5.74) is 0.523. The Bertz CT molecular complexity index is 346. The van der Waals surface area contributed by atoms with Gasteiger partial charge in [-0.1, -0.05) is 12.1 Å². The van der Waals surface area contributed by atoms with Crippen LogP contribution in [0.3, 0.4) is 0 Å². The van der Waals surface area contributed by atoms with Gasteiger partial charge in [-0.05, 0) is 12.1 Å². The van der Waals surface area contributed by atoms with Crippen LogP contribution in [0, 0.1) is 0 Å². The standard InChI is InChI=1S/C10H8O4/c11-9-7-3-1-2-4-8(7)10(12)14-6-5-13-9/h1-4H,5-6H2. The molecule has 0 atom stereocenters. The maximum atomic E-state index is 11.4. The second-order valence-electron chi connectivity index (χ2n) is 2.82. The van der Waals surface area contributed by atoms with Gasteiger partial charge in [-0.3, -0.25) is 0 Å². The Hall–Kier alpha value is -1.84. The van der Waals surface area contributed by atoms with E-state index in [-0.39, 0.29) is 24.3 Å². The number of esters is 2. The van der Waals surface area contributed by atoms with Gasteiger partial charge in [-0.2, -0.15) is 0 Å². The van der Waals surface area contributed by atoms with Crippen LogP contribution in [0.2, 0.25) is 0 Å². The molecule has 0 bridgehead atoms. The molecule has 0 radical (unpaired) electrons. The lowest BCUT2D eigenvalue weighted by Gasteiger charge is -2.13. The van der Waals surface area contributed by atoms with Crippen LogP contribution in [-0.2, 0) is 9.47 Å². The molecule has 72 valence electrons. The summed E-state index contributed by atoms with van der Waals surface area (Å²) in [5, 5.41) is 0. The fourth-order valence-corrected chi connectivity index (χ4v) is 1.26. The number of carbonyl (C=O) groups excluding carboxylic acids is 2. The van der Waals surface area contributed by atoms with Crippen molar-refractivity contribution in [2.45, 2.75) is 0 Å². The third kappa shape index (κ3) is 1.46. The van der Waals surface area contributed by atoms with Crippen LogP contribution in [0.25, 0.3) is 0 Å². The van der Waals surface area contributed by atoms with Crippen LogP contribution in [0.1, 0.15) is 20.7 Å². The summed E-state index contributed by atoms with van der Waals surface area (Å²) in [5.74, 6) is -0.950. The molecule has 1 aromatic rings. The molecule has 0 aromatic heterocycles. The van der Waals surface area contributed by atoms with Crippen LogP contribution in [0.5, 0.6) is 0 Å². The highest BCUT2D eigenvalue weighted by molar-refractivity contribution is 6.03. The van der Waals surface area contributed by atoms with E-state index in [4.69, 9.17) is 9.47 Å². The molecule has 4 heteroatoms. The predicted molar refractivity (Wildman–Crippen MR) is 47.0 cm³/mol. The van der Waals surface area contributed by atoms with E-state index in [0.717, 1.165) is 0 Å². The minimum atomic E-state index is -0.475. The third-order valence-electron chi connectivity index (χ3n) is 1.92. The summed E-state index contributed by atoms with van der Waals surface area (Å²) in [6.07, 6.45) is 0. The molecule has 0 spiro atoms. The van der Waals surface area contributed by atoms with Crippen LogP contribution in [-0.4, -0.2) is 25.2 Å². The summed E-state index contributed by atoms with van der Waals surface area (Å²) in [4.78, 5) is 22.7. The number of rotatable bonds is 0. The van der Waals surface area contributed by atoms with Gasteiger partial charge in [0.1, 0.15) is 13.2 Å². The lowest BCUT2D eigenvalue weighted by Crippen LogP contribution is -2.21. The zero-order valence-electron chi connectivity index (χ0n) is 7.36. The Morgan fingerprint density at radius 3 is 1.71 bits per heavy atom. The average Bonchev–Trinajstić information content (AvgIpc) is 2.22. The highest BCUT2D eigenvalue weighted by Gasteiger charge is 2.21. The first-order chi connectivity index (χ1) is 6.79. The minimum absolute atomic E-state index is 0.110. The van der Waals surface area contributed by atoms with E-state index >= 15 is 0 Å². The first-order valence-corrected chi connectivity index (χ1v) is 4.22. The van der Waals surface area contributed by atoms with Crippen molar-refractivity contribution in [3.8, 4) is 0 Å². The summed E-state index contributed by atoms with van der Waals surface area (Å²) in [6, 6.07) is 6.44. The molecule has 1 aromatic carbocycles. The Morgan fingerprint density at radius 2 is 1.29 bits per heavy atom. The molecule has 0 unspecified atom stereocenters. The van der Waals surface area contributed by atoms with E-state index < -0.39 is 11.9 Å². The largest absolute Gasteiger partial charge is 0.458 e.